The Morgan fingerprint density at radius 2 is 1.50 bits per heavy atom. The molecule has 0 saturated heterocycles. The lowest BCUT2D eigenvalue weighted by atomic mass is 9.91. The van der Waals surface area contributed by atoms with E-state index in [0.29, 0.717) is 5.03 Å². The average Bonchev–Trinajstić information content (AvgIpc) is 3.16. The van der Waals surface area contributed by atoms with Crippen molar-refractivity contribution in [3.8, 4) is 6.07 Å². The molecule has 1 aliphatic heterocycles. The fraction of sp³-hybridized carbons (Fsp3) is 0.115. The number of nitriles is 1. The number of Topliss-reactive ketones (excluding diaryl/α,β-unsaturated/α-hetero) is 1. The number of rotatable bonds is 6. The van der Waals surface area contributed by atoms with Crippen molar-refractivity contribution in [3.63, 3.8) is 0 Å². The lowest BCUT2D eigenvalue weighted by Crippen LogP contribution is -2.23. The van der Waals surface area contributed by atoms with Crippen LogP contribution in [0.5, 0.6) is 0 Å². The second kappa shape index (κ2) is 9.54. The maximum Gasteiger partial charge on any atom is 0.318 e. The lowest BCUT2D eigenvalue weighted by Gasteiger charge is -2.17. The number of carbonyl (C=O) groups is 2. The first-order valence-corrected chi connectivity index (χ1v) is 10.9. The maximum atomic E-state index is 13.0. The van der Waals surface area contributed by atoms with Gasteiger partial charge in [-0.2, -0.15) is 5.26 Å². The summed E-state index contributed by atoms with van der Waals surface area (Å²) < 4.78 is 5.43. The topological polar surface area (TPSA) is 70.4 Å². The first-order chi connectivity index (χ1) is 15.6. The van der Waals surface area contributed by atoms with Crippen LogP contribution in [-0.2, 0) is 14.3 Å². The van der Waals surface area contributed by atoms with E-state index < -0.39 is 24.3 Å². The molecule has 0 atom stereocenters. The van der Waals surface area contributed by atoms with E-state index in [9.17, 15) is 14.9 Å². The van der Waals surface area contributed by atoms with Crippen molar-refractivity contribution < 1.29 is 14.3 Å². The Bertz CT molecular complexity index is 1180. The third-order valence-electron chi connectivity index (χ3n) is 5.19. The first kappa shape index (κ1) is 21.4. The number of esters is 1. The van der Waals surface area contributed by atoms with Gasteiger partial charge in [0.25, 0.3) is 0 Å². The molecule has 0 N–H and O–H groups in total. The lowest BCUT2D eigenvalue weighted by molar-refractivity contribution is -0.147. The Morgan fingerprint density at radius 1 is 0.938 bits per heavy atom. The second-order valence-electron chi connectivity index (χ2n) is 7.21. The summed E-state index contributed by atoms with van der Waals surface area (Å²) >= 11 is 1.36. The molecule has 0 aliphatic carbocycles. The zero-order chi connectivity index (χ0) is 22.5. The number of thioether (sulfide) groups is 1. The van der Waals surface area contributed by atoms with Crippen LogP contribution in [0.1, 0.15) is 17.0 Å². The number of benzene rings is 3. The molecule has 0 saturated carbocycles. The predicted molar refractivity (Wildman–Crippen MR) is 124 cm³/mol. The van der Waals surface area contributed by atoms with Crippen LogP contribution < -0.4 is 4.90 Å². The van der Waals surface area contributed by atoms with Gasteiger partial charge in [-0.1, -0.05) is 84.6 Å². The second-order valence-corrected chi connectivity index (χ2v) is 8.24. The van der Waals surface area contributed by atoms with Crippen LogP contribution in [0.25, 0.3) is 0 Å². The zero-order valence-electron chi connectivity index (χ0n) is 17.4. The van der Waals surface area contributed by atoms with Crippen molar-refractivity contribution in [3.05, 3.63) is 107 Å². The van der Waals surface area contributed by atoms with Crippen LogP contribution in [0.4, 0.5) is 5.69 Å². The number of ketones is 1. The summed E-state index contributed by atoms with van der Waals surface area (Å²) in [5, 5.41) is 10.2. The van der Waals surface area contributed by atoms with Gasteiger partial charge in [-0.3, -0.25) is 9.59 Å². The molecule has 3 aromatic carbocycles. The molecular formula is C26H20N2O3S. The fourth-order valence-electron chi connectivity index (χ4n) is 3.60. The van der Waals surface area contributed by atoms with Crippen molar-refractivity contribution in [2.24, 2.45) is 0 Å². The molecule has 6 heteroatoms. The van der Waals surface area contributed by atoms with Crippen molar-refractivity contribution in [2.75, 3.05) is 18.6 Å². The molecule has 0 spiro atoms. The van der Waals surface area contributed by atoms with Gasteiger partial charge in [0.2, 0.25) is 5.78 Å². The monoisotopic (exact) mass is 440 g/mol. The fourth-order valence-corrected chi connectivity index (χ4v) is 4.76. The highest BCUT2D eigenvalue weighted by molar-refractivity contribution is 8.03. The molecule has 0 aromatic heterocycles. The van der Waals surface area contributed by atoms with Crippen LogP contribution in [0.2, 0.25) is 0 Å². The molecule has 4 rings (SSSR count). The van der Waals surface area contributed by atoms with Gasteiger partial charge in [0.15, 0.2) is 6.61 Å². The molecule has 0 amide bonds. The van der Waals surface area contributed by atoms with Crippen LogP contribution >= 0.6 is 11.8 Å². The van der Waals surface area contributed by atoms with E-state index in [1.165, 1.54) is 11.8 Å². The SMILES string of the molecule is CN1/C(=C(\C#N)C(=O)COC(=O)C(c2ccccc2)c2ccccc2)Sc2ccccc21. The molecule has 158 valence electrons. The van der Waals surface area contributed by atoms with Gasteiger partial charge in [0.1, 0.15) is 22.6 Å². The van der Waals surface area contributed by atoms with Gasteiger partial charge in [-0.05, 0) is 23.3 Å². The summed E-state index contributed by atoms with van der Waals surface area (Å²) in [6.45, 7) is -0.494. The number of para-hydroxylation sites is 1. The highest BCUT2D eigenvalue weighted by atomic mass is 32.2. The third kappa shape index (κ3) is 4.29. The molecule has 0 radical (unpaired) electrons. The third-order valence-corrected chi connectivity index (χ3v) is 6.43. The van der Waals surface area contributed by atoms with Crippen LogP contribution in [0.3, 0.4) is 0 Å². The van der Waals surface area contributed by atoms with Crippen molar-refractivity contribution in [1.82, 2.24) is 0 Å². The van der Waals surface area contributed by atoms with Crippen molar-refractivity contribution in [2.45, 2.75) is 10.8 Å². The Morgan fingerprint density at radius 3 is 2.06 bits per heavy atom. The summed E-state index contributed by atoms with van der Waals surface area (Å²) in [6.07, 6.45) is 0. The number of hydrogen-bond acceptors (Lipinski definition) is 6. The molecule has 1 aliphatic rings. The van der Waals surface area contributed by atoms with E-state index in [-0.39, 0.29) is 5.57 Å². The van der Waals surface area contributed by atoms with Crippen molar-refractivity contribution in [1.29, 1.82) is 5.26 Å². The highest BCUT2D eigenvalue weighted by Gasteiger charge is 2.29. The first-order valence-electron chi connectivity index (χ1n) is 10.0. The smallest absolute Gasteiger partial charge is 0.318 e. The molecule has 3 aromatic rings. The quantitative estimate of drug-likeness (QED) is 0.308. The predicted octanol–water partition coefficient (Wildman–Crippen LogP) is 4.91. The van der Waals surface area contributed by atoms with E-state index in [0.717, 1.165) is 21.7 Å². The highest BCUT2D eigenvalue weighted by Crippen LogP contribution is 2.46. The summed E-state index contributed by atoms with van der Waals surface area (Å²) in [5.74, 6) is -1.71. The van der Waals surface area contributed by atoms with Crippen LogP contribution in [0.15, 0.2) is 100 Å². The maximum absolute atomic E-state index is 13.0. The van der Waals surface area contributed by atoms with E-state index >= 15 is 0 Å². The van der Waals surface area contributed by atoms with Gasteiger partial charge >= 0.3 is 5.97 Å². The molecule has 0 bridgehead atoms. The Hall–Kier alpha value is -3.82. The van der Waals surface area contributed by atoms with Gasteiger partial charge in [-0.15, -0.1) is 0 Å². The molecule has 1 heterocycles. The molecule has 0 unspecified atom stereocenters. The standard InChI is InChI=1S/C26H20N2O3S/c1-28-21-14-8-9-15-23(21)32-25(28)20(16-27)22(29)17-31-26(30)24(18-10-4-2-5-11-18)19-12-6-3-7-13-19/h2-15,24H,17H2,1H3/b25-20-. The van der Waals surface area contributed by atoms with Gasteiger partial charge < -0.3 is 9.64 Å². The number of hydrogen-bond donors (Lipinski definition) is 0. The number of nitrogens with zero attached hydrogens (tertiary/aromatic N) is 2. The van der Waals surface area contributed by atoms with Gasteiger partial charge in [0.05, 0.1) is 5.69 Å². The van der Waals surface area contributed by atoms with E-state index in [4.69, 9.17) is 4.74 Å². The molecule has 5 nitrogen and oxygen atoms in total. The van der Waals surface area contributed by atoms with E-state index in [2.05, 4.69) is 0 Å². The Balaban J connectivity index is 1.54. The van der Waals surface area contributed by atoms with E-state index in [1.807, 2.05) is 103 Å². The van der Waals surface area contributed by atoms with Gasteiger partial charge in [0, 0.05) is 11.9 Å². The molecule has 32 heavy (non-hydrogen) atoms. The van der Waals surface area contributed by atoms with Crippen LogP contribution in [0, 0.1) is 11.3 Å². The molecular weight excluding hydrogens is 420 g/mol. The summed E-state index contributed by atoms with van der Waals surface area (Å²) in [7, 11) is 1.81. The number of anilines is 1. The summed E-state index contributed by atoms with van der Waals surface area (Å²) in [4.78, 5) is 28.7. The number of fused-ring (bicyclic) bond motifs is 1. The minimum absolute atomic E-state index is 0.0162. The zero-order valence-corrected chi connectivity index (χ0v) is 18.2. The van der Waals surface area contributed by atoms with Crippen molar-refractivity contribution >= 4 is 29.2 Å². The Kier molecular flexibility index (Phi) is 6.39. The Labute approximate surface area is 190 Å². The number of carbonyl (C=O) groups excluding carboxylic acids is 2. The summed E-state index contributed by atoms with van der Waals surface area (Å²) in [5.41, 5.74) is 2.46. The average molecular weight is 441 g/mol. The number of ether oxygens (including phenoxy) is 1. The molecule has 0 fully saturated rings. The normalized spacial score (nSPS) is 14.0. The summed E-state index contributed by atoms with van der Waals surface area (Å²) in [6, 6.07) is 28.3. The minimum Gasteiger partial charge on any atom is -0.457 e. The minimum atomic E-state index is -0.656. The van der Waals surface area contributed by atoms with E-state index in [1.54, 1.807) is 0 Å². The van der Waals surface area contributed by atoms with Crippen LogP contribution in [-0.4, -0.2) is 25.4 Å². The van der Waals surface area contributed by atoms with Gasteiger partial charge in [-0.25, -0.2) is 0 Å². The largest absolute Gasteiger partial charge is 0.457 e.